The van der Waals surface area contributed by atoms with Crippen LogP contribution in [0.2, 0.25) is 0 Å². The summed E-state index contributed by atoms with van der Waals surface area (Å²) in [6.07, 6.45) is 5.37. The molecule has 10 heteroatoms. The summed E-state index contributed by atoms with van der Waals surface area (Å²) in [6, 6.07) is 18.2. The summed E-state index contributed by atoms with van der Waals surface area (Å²) in [4.78, 5) is 33.8. The molecule has 2 aliphatic heterocycles. The first-order valence-corrected chi connectivity index (χ1v) is 19.6. The van der Waals surface area contributed by atoms with Gasteiger partial charge in [0.2, 0.25) is 0 Å². The third-order valence-electron chi connectivity index (χ3n) is 9.48. The number of nitrogens with zero attached hydrogens (tertiary/aromatic N) is 2. The number of alkyl halides is 1. The first-order valence-electron chi connectivity index (χ1n) is 18.3. The van der Waals surface area contributed by atoms with Crippen LogP contribution >= 0.6 is 23.4 Å². The molecule has 2 heterocycles. The zero-order valence-corrected chi connectivity index (χ0v) is 31.6. The minimum absolute atomic E-state index is 0.227. The van der Waals surface area contributed by atoms with Gasteiger partial charge in [0.15, 0.2) is 5.60 Å². The molecule has 3 aromatic rings. The van der Waals surface area contributed by atoms with E-state index in [-0.39, 0.29) is 11.9 Å². The zero-order chi connectivity index (χ0) is 35.5. The Balaban J connectivity index is 1.38. The second-order valence-electron chi connectivity index (χ2n) is 12.6. The monoisotopic (exact) mass is 721 g/mol. The van der Waals surface area contributed by atoms with Gasteiger partial charge >= 0.3 is 5.97 Å². The summed E-state index contributed by atoms with van der Waals surface area (Å²) in [6.45, 7) is 14.8. The van der Waals surface area contributed by atoms with Gasteiger partial charge < -0.3 is 29.3 Å². The van der Waals surface area contributed by atoms with Crippen molar-refractivity contribution < 1.29 is 23.8 Å². The summed E-state index contributed by atoms with van der Waals surface area (Å²) in [5.41, 5.74) is 4.56. The number of carbonyl (C=O) groups excluding carboxylic acids is 2. The van der Waals surface area contributed by atoms with Gasteiger partial charge in [-0.15, -0.1) is 11.6 Å². The molecule has 1 spiro atoms. The fourth-order valence-electron chi connectivity index (χ4n) is 6.87. The molecule has 3 aromatic carbocycles. The summed E-state index contributed by atoms with van der Waals surface area (Å²) in [5.74, 6) is 0.0976. The van der Waals surface area contributed by atoms with Crippen molar-refractivity contribution in [1.29, 1.82) is 0 Å². The SMILES string of the molecule is CCCN(CC)c1ccc2c(c1)Sc1cc(N(CC)CC)ccc1C21OC(=O)c2ccc(C(=O)NCCOCCOCCCCCCCl)cc21. The fraction of sp³-hybridized carbons (Fsp3) is 0.500. The first-order chi connectivity index (χ1) is 24.4. The molecule has 270 valence electrons. The van der Waals surface area contributed by atoms with Gasteiger partial charge in [-0.3, -0.25) is 4.79 Å². The number of nitrogens with one attached hydrogen (secondary N) is 1. The number of hydrogen-bond donors (Lipinski definition) is 1. The highest BCUT2D eigenvalue weighted by atomic mass is 35.5. The number of amides is 1. The van der Waals surface area contributed by atoms with Gasteiger partial charge in [0.05, 0.1) is 25.4 Å². The van der Waals surface area contributed by atoms with Crippen LogP contribution in [0, 0.1) is 0 Å². The quantitative estimate of drug-likeness (QED) is 0.0710. The van der Waals surface area contributed by atoms with Crippen molar-refractivity contribution in [2.45, 2.75) is 75.2 Å². The molecule has 2 aliphatic rings. The lowest BCUT2D eigenvalue weighted by molar-refractivity contribution is 0.0233. The maximum Gasteiger partial charge on any atom is 0.340 e. The van der Waals surface area contributed by atoms with Gasteiger partial charge in [-0.2, -0.15) is 0 Å². The van der Waals surface area contributed by atoms with Crippen LogP contribution in [-0.4, -0.2) is 76.9 Å². The number of carbonyl (C=O) groups is 2. The molecule has 0 fully saturated rings. The molecule has 50 heavy (non-hydrogen) atoms. The van der Waals surface area contributed by atoms with E-state index >= 15 is 0 Å². The molecule has 0 aliphatic carbocycles. The minimum Gasteiger partial charge on any atom is -0.440 e. The second-order valence-corrected chi connectivity index (χ2v) is 14.1. The fourth-order valence-corrected chi connectivity index (χ4v) is 8.30. The lowest BCUT2D eigenvalue weighted by Crippen LogP contribution is -2.34. The Labute approximate surface area is 307 Å². The molecule has 0 radical (unpaired) electrons. The maximum atomic E-state index is 13.6. The first kappa shape index (κ1) is 38.0. The molecule has 1 unspecified atom stereocenters. The molecule has 1 amide bonds. The van der Waals surface area contributed by atoms with Crippen LogP contribution in [0.5, 0.6) is 0 Å². The second kappa shape index (κ2) is 18.3. The van der Waals surface area contributed by atoms with E-state index in [1.807, 2.05) is 6.07 Å². The van der Waals surface area contributed by atoms with E-state index in [4.69, 9.17) is 25.8 Å². The Bertz CT molecular complexity index is 1620. The van der Waals surface area contributed by atoms with Crippen molar-refractivity contribution in [2.24, 2.45) is 0 Å². The number of benzene rings is 3. The van der Waals surface area contributed by atoms with E-state index in [0.717, 1.165) is 97.2 Å². The average Bonchev–Trinajstić information content (AvgIpc) is 3.42. The number of fused-ring (bicyclic) bond motifs is 6. The largest absolute Gasteiger partial charge is 0.440 e. The standard InChI is InChI=1S/C40H52ClN3O5S/c1-5-21-44(8-4)31-15-18-34-37(28-31)50-36-27-30(43(6-2)7-3)14-17-33(36)40(34)35-26-29(13-16-32(35)39(46)49-40)38(45)42-20-23-48-25-24-47-22-12-10-9-11-19-41/h13-18,26-28H,5-12,19-25H2,1-4H3,(H,42,45). The molecule has 0 saturated carbocycles. The van der Waals surface area contributed by atoms with Crippen molar-refractivity contribution in [2.75, 3.05) is 74.8 Å². The molecule has 1 atom stereocenters. The molecule has 1 N–H and O–H groups in total. The number of esters is 1. The van der Waals surface area contributed by atoms with Crippen molar-refractivity contribution in [1.82, 2.24) is 5.32 Å². The third kappa shape index (κ3) is 8.28. The van der Waals surface area contributed by atoms with Gasteiger partial charge in [0.1, 0.15) is 0 Å². The van der Waals surface area contributed by atoms with Crippen LogP contribution in [0.1, 0.15) is 97.2 Å². The van der Waals surface area contributed by atoms with Crippen LogP contribution in [0.15, 0.2) is 64.4 Å². The number of rotatable bonds is 20. The van der Waals surface area contributed by atoms with Crippen molar-refractivity contribution in [3.63, 3.8) is 0 Å². The molecule has 0 aromatic heterocycles. The van der Waals surface area contributed by atoms with Crippen LogP contribution < -0.4 is 15.1 Å². The highest BCUT2D eigenvalue weighted by molar-refractivity contribution is 7.99. The van der Waals surface area contributed by atoms with Crippen molar-refractivity contribution >= 4 is 46.6 Å². The number of ether oxygens (including phenoxy) is 3. The summed E-state index contributed by atoms with van der Waals surface area (Å²) < 4.78 is 17.8. The highest BCUT2D eigenvalue weighted by Gasteiger charge is 2.53. The van der Waals surface area contributed by atoms with E-state index in [1.165, 1.54) is 0 Å². The summed E-state index contributed by atoms with van der Waals surface area (Å²) in [5, 5.41) is 2.98. The van der Waals surface area contributed by atoms with Gasteiger partial charge in [-0.05, 0) is 82.5 Å². The number of anilines is 2. The molecule has 0 saturated heterocycles. The van der Waals surface area contributed by atoms with E-state index in [0.29, 0.717) is 48.9 Å². The number of unbranched alkanes of at least 4 members (excludes halogenated alkanes) is 3. The highest BCUT2D eigenvalue weighted by Crippen LogP contribution is 2.57. The molecular formula is C40H52ClN3O5S. The normalized spacial score (nSPS) is 15.7. The summed E-state index contributed by atoms with van der Waals surface area (Å²) >= 11 is 7.44. The predicted molar refractivity (Wildman–Crippen MR) is 204 cm³/mol. The van der Waals surface area contributed by atoms with E-state index in [9.17, 15) is 9.59 Å². The zero-order valence-electron chi connectivity index (χ0n) is 30.0. The van der Waals surface area contributed by atoms with Crippen LogP contribution in [0.4, 0.5) is 11.4 Å². The van der Waals surface area contributed by atoms with Gasteiger partial charge in [0.25, 0.3) is 5.91 Å². The van der Waals surface area contributed by atoms with Crippen LogP contribution in [-0.2, 0) is 19.8 Å². The Morgan fingerprint density at radius 3 is 2.06 bits per heavy atom. The van der Waals surface area contributed by atoms with Crippen molar-refractivity contribution in [3.8, 4) is 0 Å². The van der Waals surface area contributed by atoms with Crippen LogP contribution in [0.25, 0.3) is 0 Å². The third-order valence-corrected chi connectivity index (χ3v) is 10.9. The predicted octanol–water partition coefficient (Wildman–Crippen LogP) is 8.26. The van der Waals surface area contributed by atoms with Gasteiger partial charge in [-0.25, -0.2) is 4.79 Å². The van der Waals surface area contributed by atoms with Gasteiger partial charge in [-0.1, -0.05) is 43.7 Å². The lowest BCUT2D eigenvalue weighted by Gasteiger charge is -2.38. The lowest BCUT2D eigenvalue weighted by atomic mass is 9.78. The number of halogens is 1. The maximum absolute atomic E-state index is 13.6. The Morgan fingerprint density at radius 2 is 1.42 bits per heavy atom. The van der Waals surface area contributed by atoms with E-state index in [2.05, 4.69) is 79.2 Å². The van der Waals surface area contributed by atoms with Gasteiger partial charge in [0, 0.05) is 88.6 Å². The Morgan fingerprint density at radius 1 is 0.780 bits per heavy atom. The van der Waals surface area contributed by atoms with Crippen molar-refractivity contribution in [3.05, 3.63) is 82.4 Å². The number of hydrogen-bond acceptors (Lipinski definition) is 8. The minimum atomic E-state index is -1.17. The molecule has 0 bridgehead atoms. The average molecular weight is 722 g/mol. The van der Waals surface area contributed by atoms with Crippen LogP contribution in [0.3, 0.4) is 0 Å². The molecule has 8 nitrogen and oxygen atoms in total. The smallest absolute Gasteiger partial charge is 0.340 e. The Kier molecular flexibility index (Phi) is 13.9. The van der Waals surface area contributed by atoms with E-state index in [1.54, 1.807) is 23.9 Å². The summed E-state index contributed by atoms with van der Waals surface area (Å²) in [7, 11) is 0. The Hall–Kier alpha value is -3.24. The van der Waals surface area contributed by atoms with E-state index < -0.39 is 5.60 Å². The molecular weight excluding hydrogens is 670 g/mol. The molecule has 5 rings (SSSR count). The topological polar surface area (TPSA) is 80.3 Å².